The largest absolute Gasteiger partial charge is 0.298 e. The summed E-state index contributed by atoms with van der Waals surface area (Å²) in [6, 6.07) is 6.44. The zero-order valence-corrected chi connectivity index (χ0v) is 10.0. The molecule has 0 N–H and O–H groups in total. The number of Topliss-reactive ketones (excluding diaryl/α,β-unsaturated/α-hetero) is 1. The van der Waals surface area contributed by atoms with E-state index < -0.39 is 0 Å². The summed E-state index contributed by atoms with van der Waals surface area (Å²) in [7, 11) is 1.92. The van der Waals surface area contributed by atoms with Crippen molar-refractivity contribution in [3.8, 4) is 0 Å². The molecule has 1 rings (SSSR count). The van der Waals surface area contributed by atoms with Gasteiger partial charge in [0, 0.05) is 12.5 Å². The summed E-state index contributed by atoms with van der Waals surface area (Å²) in [5.74, 6) is -0.113. The Bertz CT molecular complexity index is 345. The molecule has 0 aromatic heterocycles. The van der Waals surface area contributed by atoms with Gasteiger partial charge in [-0.05, 0) is 38.6 Å². The highest BCUT2D eigenvalue weighted by Gasteiger charge is 2.09. The molecule has 0 heterocycles. The third kappa shape index (κ3) is 4.11. The molecule has 2 nitrogen and oxygen atoms in total. The second kappa shape index (κ2) is 5.75. The number of benzene rings is 1. The molecule has 0 aliphatic rings. The SMILES string of the molecule is CC(C)N(C)CC(=O)Cc1ccc(F)cc1. The average Bonchev–Trinajstić information content (AvgIpc) is 2.21. The molecule has 3 heteroatoms. The van der Waals surface area contributed by atoms with E-state index in [1.54, 1.807) is 12.1 Å². The van der Waals surface area contributed by atoms with Crippen molar-refractivity contribution >= 4 is 5.78 Å². The Kier molecular flexibility index (Phi) is 4.62. The second-order valence-electron chi connectivity index (χ2n) is 4.35. The van der Waals surface area contributed by atoms with Crippen molar-refractivity contribution in [2.45, 2.75) is 26.3 Å². The molecule has 0 aliphatic carbocycles. The Balaban J connectivity index is 2.48. The molecule has 16 heavy (non-hydrogen) atoms. The van der Waals surface area contributed by atoms with Crippen LogP contribution in [0.4, 0.5) is 4.39 Å². The average molecular weight is 223 g/mol. The quantitative estimate of drug-likeness (QED) is 0.763. The van der Waals surface area contributed by atoms with Crippen LogP contribution >= 0.6 is 0 Å². The Labute approximate surface area is 96.1 Å². The predicted octanol–water partition coefficient (Wildman–Crippen LogP) is 2.28. The summed E-state index contributed by atoms with van der Waals surface area (Å²) in [6.07, 6.45) is 0.372. The van der Waals surface area contributed by atoms with Gasteiger partial charge in [-0.2, -0.15) is 0 Å². The molecule has 0 atom stereocenters. The van der Waals surface area contributed by atoms with Crippen LogP contribution in [0.1, 0.15) is 19.4 Å². The molecule has 0 fully saturated rings. The number of carbonyl (C=O) groups is 1. The van der Waals surface area contributed by atoms with E-state index in [-0.39, 0.29) is 11.6 Å². The molecule has 0 radical (unpaired) electrons. The van der Waals surface area contributed by atoms with Crippen LogP contribution in [0.2, 0.25) is 0 Å². The van der Waals surface area contributed by atoms with Gasteiger partial charge < -0.3 is 0 Å². The highest BCUT2D eigenvalue weighted by molar-refractivity contribution is 5.82. The number of likely N-dealkylation sites (N-methyl/N-ethyl adjacent to an activating group) is 1. The van der Waals surface area contributed by atoms with E-state index >= 15 is 0 Å². The Hall–Kier alpha value is -1.22. The fraction of sp³-hybridized carbons (Fsp3) is 0.462. The van der Waals surface area contributed by atoms with Crippen molar-refractivity contribution in [3.63, 3.8) is 0 Å². The highest BCUT2D eigenvalue weighted by atomic mass is 19.1. The lowest BCUT2D eigenvalue weighted by Crippen LogP contribution is -2.32. The van der Waals surface area contributed by atoms with Gasteiger partial charge in [-0.3, -0.25) is 9.69 Å². The summed E-state index contributed by atoms with van der Waals surface area (Å²) >= 11 is 0. The molecule has 0 bridgehead atoms. The van der Waals surface area contributed by atoms with Crippen LogP contribution in [0.5, 0.6) is 0 Å². The normalized spacial score (nSPS) is 11.1. The van der Waals surface area contributed by atoms with Crippen LogP contribution in [0.25, 0.3) is 0 Å². The first-order chi connectivity index (χ1) is 7.49. The Morgan fingerprint density at radius 2 is 1.88 bits per heavy atom. The first kappa shape index (κ1) is 12.8. The van der Waals surface area contributed by atoms with Crippen molar-refractivity contribution in [2.75, 3.05) is 13.6 Å². The van der Waals surface area contributed by atoms with Gasteiger partial charge in [0.05, 0.1) is 6.54 Å². The molecule has 0 amide bonds. The van der Waals surface area contributed by atoms with Crippen molar-refractivity contribution in [3.05, 3.63) is 35.6 Å². The molecular weight excluding hydrogens is 205 g/mol. The molecule has 88 valence electrons. The third-order valence-electron chi connectivity index (χ3n) is 2.62. The van der Waals surface area contributed by atoms with Gasteiger partial charge in [-0.1, -0.05) is 12.1 Å². The van der Waals surface area contributed by atoms with Gasteiger partial charge in [0.2, 0.25) is 0 Å². The van der Waals surface area contributed by atoms with E-state index in [9.17, 15) is 9.18 Å². The maximum absolute atomic E-state index is 12.6. The summed E-state index contributed by atoms with van der Waals surface area (Å²) in [4.78, 5) is 13.7. The number of carbonyl (C=O) groups excluding carboxylic acids is 1. The Morgan fingerprint density at radius 1 is 1.31 bits per heavy atom. The van der Waals surface area contributed by atoms with E-state index in [1.165, 1.54) is 12.1 Å². The molecule has 0 aliphatic heterocycles. The van der Waals surface area contributed by atoms with Crippen molar-refractivity contribution in [1.29, 1.82) is 0 Å². The number of hydrogen-bond donors (Lipinski definition) is 0. The van der Waals surface area contributed by atoms with Gasteiger partial charge in [0.1, 0.15) is 5.82 Å². The molecule has 0 saturated carbocycles. The molecule has 1 aromatic rings. The second-order valence-corrected chi connectivity index (χ2v) is 4.35. The molecule has 0 saturated heterocycles. The standard InChI is InChI=1S/C13H18FNO/c1-10(2)15(3)9-13(16)8-11-4-6-12(14)7-5-11/h4-7,10H,8-9H2,1-3H3. The first-order valence-electron chi connectivity index (χ1n) is 5.45. The minimum Gasteiger partial charge on any atom is -0.298 e. The number of nitrogens with zero attached hydrogens (tertiary/aromatic N) is 1. The lowest BCUT2D eigenvalue weighted by molar-refractivity contribution is -0.119. The summed E-state index contributed by atoms with van der Waals surface area (Å²) in [5.41, 5.74) is 0.864. The molecular formula is C13H18FNO. The van der Waals surface area contributed by atoms with E-state index in [0.29, 0.717) is 19.0 Å². The van der Waals surface area contributed by atoms with E-state index in [0.717, 1.165) is 5.56 Å². The number of hydrogen-bond acceptors (Lipinski definition) is 2. The first-order valence-corrected chi connectivity index (χ1v) is 5.45. The van der Waals surface area contributed by atoms with Gasteiger partial charge in [-0.15, -0.1) is 0 Å². The Morgan fingerprint density at radius 3 is 2.38 bits per heavy atom. The maximum atomic E-state index is 12.6. The van der Waals surface area contributed by atoms with Crippen LogP contribution in [0, 0.1) is 5.82 Å². The van der Waals surface area contributed by atoms with E-state index in [1.807, 2.05) is 25.8 Å². The fourth-order valence-electron chi connectivity index (χ4n) is 1.35. The van der Waals surface area contributed by atoms with Crippen molar-refractivity contribution in [2.24, 2.45) is 0 Å². The minimum absolute atomic E-state index is 0.155. The van der Waals surface area contributed by atoms with E-state index in [2.05, 4.69) is 0 Å². The van der Waals surface area contributed by atoms with Gasteiger partial charge >= 0.3 is 0 Å². The van der Waals surface area contributed by atoms with Crippen molar-refractivity contribution in [1.82, 2.24) is 4.90 Å². The predicted molar refractivity (Wildman–Crippen MR) is 62.9 cm³/mol. The lowest BCUT2D eigenvalue weighted by Gasteiger charge is -2.19. The number of rotatable bonds is 5. The van der Waals surface area contributed by atoms with Crippen LogP contribution in [-0.2, 0) is 11.2 Å². The summed E-state index contributed by atoms with van der Waals surface area (Å²) in [6.45, 7) is 4.53. The fourth-order valence-corrected chi connectivity index (χ4v) is 1.35. The van der Waals surface area contributed by atoms with Crippen molar-refractivity contribution < 1.29 is 9.18 Å². The van der Waals surface area contributed by atoms with Gasteiger partial charge in [0.15, 0.2) is 5.78 Å². The smallest absolute Gasteiger partial charge is 0.151 e. The number of halogens is 1. The molecule has 1 aromatic carbocycles. The summed E-state index contributed by atoms with van der Waals surface area (Å²) < 4.78 is 12.6. The monoisotopic (exact) mass is 223 g/mol. The lowest BCUT2D eigenvalue weighted by atomic mass is 10.1. The zero-order chi connectivity index (χ0) is 12.1. The maximum Gasteiger partial charge on any atom is 0.151 e. The third-order valence-corrected chi connectivity index (χ3v) is 2.62. The van der Waals surface area contributed by atoms with Gasteiger partial charge in [-0.25, -0.2) is 4.39 Å². The van der Waals surface area contributed by atoms with Crippen LogP contribution in [-0.4, -0.2) is 30.3 Å². The zero-order valence-electron chi connectivity index (χ0n) is 10.0. The van der Waals surface area contributed by atoms with Gasteiger partial charge in [0.25, 0.3) is 0 Å². The minimum atomic E-state index is -0.268. The molecule has 0 spiro atoms. The van der Waals surface area contributed by atoms with Crippen LogP contribution in [0.15, 0.2) is 24.3 Å². The highest BCUT2D eigenvalue weighted by Crippen LogP contribution is 2.05. The number of ketones is 1. The summed E-state index contributed by atoms with van der Waals surface area (Å²) in [5, 5.41) is 0. The van der Waals surface area contributed by atoms with Crippen LogP contribution < -0.4 is 0 Å². The molecule has 0 unspecified atom stereocenters. The van der Waals surface area contributed by atoms with Crippen LogP contribution in [0.3, 0.4) is 0 Å². The topological polar surface area (TPSA) is 20.3 Å². The van der Waals surface area contributed by atoms with E-state index in [4.69, 9.17) is 0 Å².